The number of ether oxygens (including phenoxy) is 2. The Balaban J connectivity index is 0.00000116. The van der Waals surface area contributed by atoms with E-state index >= 15 is 0 Å². The molecule has 0 aromatic carbocycles. The van der Waals surface area contributed by atoms with Gasteiger partial charge in [0.15, 0.2) is 12.0 Å². The summed E-state index contributed by atoms with van der Waals surface area (Å²) >= 11 is 0. The topological polar surface area (TPSA) is 136 Å². The van der Waals surface area contributed by atoms with E-state index < -0.39 is 18.0 Å². The van der Waals surface area contributed by atoms with Crippen LogP contribution >= 0.6 is 0 Å². The minimum absolute atomic E-state index is 0.0152. The van der Waals surface area contributed by atoms with Crippen molar-refractivity contribution in [2.24, 2.45) is 0 Å². The second-order valence-electron chi connectivity index (χ2n) is 4.19. The van der Waals surface area contributed by atoms with Gasteiger partial charge >= 0.3 is 11.8 Å². The highest BCUT2D eigenvalue weighted by Gasteiger charge is 2.27. The molecule has 10 nitrogen and oxygen atoms in total. The van der Waals surface area contributed by atoms with Gasteiger partial charge in [-0.25, -0.2) is 9.59 Å². The smallest absolute Gasteiger partial charge is 0.412 e. The van der Waals surface area contributed by atoms with Gasteiger partial charge in [-0.05, 0) is 19.8 Å². The third-order valence-corrected chi connectivity index (χ3v) is 2.78. The zero-order valence-corrected chi connectivity index (χ0v) is 12.4. The first kappa shape index (κ1) is 18.0. The number of nitrogens with zero attached hydrogens (tertiary/aromatic N) is 3. The lowest BCUT2D eigenvalue weighted by Crippen LogP contribution is -2.31. The summed E-state index contributed by atoms with van der Waals surface area (Å²) in [7, 11) is 1.00. The van der Waals surface area contributed by atoms with Gasteiger partial charge in [0.25, 0.3) is 0 Å². The molecular formula is C12H20N4O6. The van der Waals surface area contributed by atoms with Crippen LogP contribution in [0.15, 0.2) is 11.0 Å². The largest absolute Gasteiger partial charge is 0.450 e. The van der Waals surface area contributed by atoms with Crippen LogP contribution in [-0.2, 0) is 9.47 Å². The predicted octanol–water partition coefficient (Wildman–Crippen LogP) is -0.515. The maximum Gasteiger partial charge on any atom is 0.412 e. The molecule has 2 unspecified atom stereocenters. The van der Waals surface area contributed by atoms with Gasteiger partial charge < -0.3 is 19.7 Å². The minimum Gasteiger partial charge on any atom is -0.450 e. The van der Waals surface area contributed by atoms with Crippen LogP contribution < -0.4 is 11.0 Å². The number of aliphatic hydroxyl groups excluding tert-OH is 2. The highest BCUT2D eigenvalue weighted by molar-refractivity contribution is 5.82. The van der Waals surface area contributed by atoms with E-state index in [-0.39, 0.29) is 25.1 Å². The fourth-order valence-electron chi connectivity index (χ4n) is 1.88. The molecule has 0 aliphatic carbocycles. The van der Waals surface area contributed by atoms with E-state index in [9.17, 15) is 9.59 Å². The number of anilines is 1. The van der Waals surface area contributed by atoms with E-state index in [0.29, 0.717) is 12.8 Å². The van der Waals surface area contributed by atoms with Gasteiger partial charge in [-0.3, -0.25) is 5.32 Å². The van der Waals surface area contributed by atoms with Crippen LogP contribution in [0.3, 0.4) is 0 Å². The van der Waals surface area contributed by atoms with Crippen LogP contribution in [0, 0.1) is 0 Å². The highest BCUT2D eigenvalue weighted by atomic mass is 16.5. The number of aromatic nitrogens is 3. The molecule has 2 rings (SSSR count). The van der Waals surface area contributed by atoms with E-state index in [1.165, 1.54) is 6.20 Å². The van der Waals surface area contributed by atoms with Crippen LogP contribution in [-0.4, -0.2) is 57.5 Å². The van der Waals surface area contributed by atoms with Crippen molar-refractivity contribution in [2.45, 2.75) is 32.1 Å². The van der Waals surface area contributed by atoms with Crippen LogP contribution in [0.25, 0.3) is 0 Å². The fourth-order valence-corrected chi connectivity index (χ4v) is 1.88. The average molecular weight is 316 g/mol. The normalized spacial score (nSPS) is 20.0. The van der Waals surface area contributed by atoms with Gasteiger partial charge in [-0.2, -0.15) is 14.8 Å². The van der Waals surface area contributed by atoms with Gasteiger partial charge in [0.2, 0.25) is 0 Å². The summed E-state index contributed by atoms with van der Waals surface area (Å²) in [6.07, 6.45) is 0.947. The number of hydrogen-bond donors (Lipinski definition) is 3. The Hall–Kier alpha value is -2.04. The minimum atomic E-state index is -0.698. The highest BCUT2D eigenvalue weighted by Crippen LogP contribution is 2.25. The van der Waals surface area contributed by atoms with Gasteiger partial charge in [-0.1, -0.05) is 0 Å². The third-order valence-electron chi connectivity index (χ3n) is 2.78. The Morgan fingerprint density at radius 3 is 2.82 bits per heavy atom. The van der Waals surface area contributed by atoms with Crippen LogP contribution in [0.4, 0.5) is 10.6 Å². The van der Waals surface area contributed by atoms with E-state index in [1.54, 1.807) is 6.92 Å². The molecule has 2 heterocycles. The molecule has 1 aliphatic heterocycles. The number of carbonyl (C=O) groups excluding carboxylic acids is 1. The molecule has 1 aromatic heterocycles. The number of rotatable bonds is 4. The molecule has 1 aliphatic rings. The van der Waals surface area contributed by atoms with Crippen molar-refractivity contribution in [1.29, 1.82) is 0 Å². The Kier molecular flexibility index (Phi) is 7.43. The molecule has 0 spiro atoms. The maximum absolute atomic E-state index is 11.8. The summed E-state index contributed by atoms with van der Waals surface area (Å²) in [6.45, 7) is 1.79. The molecule has 1 saturated heterocycles. The first-order valence-corrected chi connectivity index (χ1v) is 6.74. The molecule has 1 fully saturated rings. The molecule has 1 aromatic rings. The van der Waals surface area contributed by atoms with E-state index in [1.807, 2.05) is 0 Å². The molecule has 22 heavy (non-hydrogen) atoms. The first-order chi connectivity index (χ1) is 10.6. The SMILES string of the molecule is CCOC(=O)Nc1cnn(C2CCC(CO)O2)c(=O)n1.CO. The zero-order chi connectivity index (χ0) is 16.5. The maximum atomic E-state index is 11.8. The van der Waals surface area contributed by atoms with E-state index in [2.05, 4.69) is 20.1 Å². The summed E-state index contributed by atoms with van der Waals surface area (Å²) in [5.74, 6) is 0.0152. The summed E-state index contributed by atoms with van der Waals surface area (Å²) in [4.78, 5) is 26.7. The van der Waals surface area contributed by atoms with E-state index in [0.717, 1.165) is 11.8 Å². The van der Waals surface area contributed by atoms with Crippen molar-refractivity contribution in [3.63, 3.8) is 0 Å². The number of amides is 1. The van der Waals surface area contributed by atoms with Crippen molar-refractivity contribution < 1.29 is 24.5 Å². The van der Waals surface area contributed by atoms with Gasteiger partial charge in [0, 0.05) is 7.11 Å². The summed E-state index contributed by atoms with van der Waals surface area (Å²) in [5.41, 5.74) is -0.636. The lowest BCUT2D eigenvalue weighted by atomic mass is 10.2. The molecule has 124 valence electrons. The molecule has 0 radical (unpaired) electrons. The predicted molar refractivity (Wildman–Crippen MR) is 75.3 cm³/mol. The Morgan fingerprint density at radius 2 is 2.27 bits per heavy atom. The number of carbonyl (C=O) groups is 1. The lowest BCUT2D eigenvalue weighted by Gasteiger charge is -2.13. The molecule has 0 saturated carbocycles. The third kappa shape index (κ3) is 4.76. The fraction of sp³-hybridized carbons (Fsp3) is 0.667. The average Bonchev–Trinajstić information content (AvgIpc) is 2.98. The van der Waals surface area contributed by atoms with E-state index in [4.69, 9.17) is 14.9 Å². The van der Waals surface area contributed by atoms with Crippen LogP contribution in [0.2, 0.25) is 0 Å². The standard InChI is InChI=1S/C11H16N4O5.CH4O/c1-2-19-11(18)14-8-5-12-15(10(17)13-8)9-4-3-7(6-16)20-9;1-2/h5,7,9,16H,2-4,6H2,1H3,(H,13,14,17,18);2H,1H3. The summed E-state index contributed by atoms with van der Waals surface area (Å²) in [6, 6.07) is 0. The lowest BCUT2D eigenvalue weighted by molar-refractivity contribution is -0.0312. The number of nitrogens with one attached hydrogen (secondary N) is 1. The Morgan fingerprint density at radius 1 is 1.55 bits per heavy atom. The van der Waals surface area contributed by atoms with Crippen molar-refractivity contribution in [2.75, 3.05) is 25.6 Å². The molecular weight excluding hydrogens is 296 g/mol. The molecule has 0 bridgehead atoms. The van der Waals surface area contributed by atoms with Gasteiger partial charge in [-0.15, -0.1) is 0 Å². The molecule has 1 amide bonds. The molecule has 3 N–H and O–H groups in total. The quantitative estimate of drug-likeness (QED) is 0.675. The second kappa shape index (κ2) is 9.07. The monoisotopic (exact) mass is 316 g/mol. The Labute approximate surface area is 126 Å². The van der Waals surface area contributed by atoms with Crippen LogP contribution in [0.1, 0.15) is 26.0 Å². The van der Waals surface area contributed by atoms with Crippen molar-refractivity contribution in [3.8, 4) is 0 Å². The number of hydrogen-bond acceptors (Lipinski definition) is 8. The zero-order valence-electron chi connectivity index (χ0n) is 12.4. The van der Waals surface area contributed by atoms with Crippen molar-refractivity contribution in [3.05, 3.63) is 16.7 Å². The second-order valence-corrected chi connectivity index (χ2v) is 4.19. The van der Waals surface area contributed by atoms with Gasteiger partial charge in [0.05, 0.1) is 25.5 Å². The number of aliphatic hydroxyl groups is 2. The van der Waals surface area contributed by atoms with Crippen LogP contribution in [0.5, 0.6) is 0 Å². The summed E-state index contributed by atoms with van der Waals surface area (Å²) < 4.78 is 11.2. The first-order valence-electron chi connectivity index (χ1n) is 6.74. The van der Waals surface area contributed by atoms with Gasteiger partial charge in [0.1, 0.15) is 0 Å². The van der Waals surface area contributed by atoms with Crippen molar-refractivity contribution >= 4 is 11.9 Å². The molecule has 10 heteroatoms. The molecule has 2 atom stereocenters. The Bertz CT molecular complexity index is 535. The van der Waals surface area contributed by atoms with Crippen molar-refractivity contribution in [1.82, 2.24) is 14.8 Å². The summed E-state index contributed by atoms with van der Waals surface area (Å²) in [5, 5.41) is 22.2.